The second-order valence-corrected chi connectivity index (χ2v) is 7.71. The molecule has 0 amide bonds. The van der Waals surface area contributed by atoms with Crippen molar-refractivity contribution in [3.05, 3.63) is 64.8 Å². The molecule has 1 heteroatoms. The minimum atomic E-state index is -2.48. The van der Waals surface area contributed by atoms with Gasteiger partial charge in [0.2, 0.25) is 5.69 Å². The predicted molar refractivity (Wildman–Crippen MR) is 113 cm³/mol. The molecule has 136 valence electrons. The third-order valence-electron chi connectivity index (χ3n) is 5.03. The maximum Gasteiger partial charge on any atom is 0.220 e. The number of pyridine rings is 1. The number of aryl methyl sites for hydroxylation is 1. The van der Waals surface area contributed by atoms with Crippen molar-refractivity contribution in [1.29, 1.82) is 0 Å². The third kappa shape index (κ3) is 3.53. The van der Waals surface area contributed by atoms with Gasteiger partial charge in [-0.15, -0.1) is 0 Å². The molecule has 0 aliphatic rings. The van der Waals surface area contributed by atoms with E-state index in [1.54, 1.807) is 23.7 Å². The minimum Gasteiger partial charge on any atom is -0.200 e. The molecule has 1 atom stereocenters. The summed E-state index contributed by atoms with van der Waals surface area (Å²) in [6.07, 6.45) is 0.990. The Labute approximate surface area is 167 Å². The van der Waals surface area contributed by atoms with E-state index in [0.717, 1.165) is 39.8 Å². The van der Waals surface area contributed by atoms with Crippen LogP contribution in [-0.2, 0) is 13.5 Å². The van der Waals surface area contributed by atoms with Crippen LogP contribution < -0.4 is 4.57 Å². The molecule has 0 bridgehead atoms. The SMILES string of the molecule is [2H]c1c([2H])[n+](C)c(-c2cc(C([2H])(C)C([2H])([2H])[2H])cc(C)c2C)c2ccc(CC(C)C)cc12. The number of hydrogen-bond acceptors (Lipinski definition) is 0. The Morgan fingerprint density at radius 2 is 1.92 bits per heavy atom. The summed E-state index contributed by atoms with van der Waals surface area (Å²) >= 11 is 0. The molecule has 0 saturated heterocycles. The first-order valence-corrected chi connectivity index (χ1v) is 9.20. The highest BCUT2D eigenvalue weighted by Crippen LogP contribution is 2.32. The molecule has 0 saturated carbocycles. The van der Waals surface area contributed by atoms with Gasteiger partial charge in [-0.3, -0.25) is 0 Å². The van der Waals surface area contributed by atoms with Gasteiger partial charge in [-0.05, 0) is 71.9 Å². The van der Waals surface area contributed by atoms with Crippen LogP contribution in [0.15, 0.2) is 42.5 Å². The van der Waals surface area contributed by atoms with E-state index >= 15 is 0 Å². The lowest BCUT2D eigenvalue weighted by Gasteiger charge is -2.15. The second-order valence-electron chi connectivity index (χ2n) is 7.71. The van der Waals surface area contributed by atoms with Crippen molar-refractivity contribution in [3.63, 3.8) is 0 Å². The fraction of sp³-hybridized carbons (Fsp3) is 0.400. The molecule has 1 nitrogen and oxygen atoms in total. The summed E-state index contributed by atoms with van der Waals surface area (Å²) in [6, 6.07) is 9.81. The van der Waals surface area contributed by atoms with Gasteiger partial charge in [0.25, 0.3) is 0 Å². The minimum absolute atomic E-state index is 0.0982. The molecule has 1 heterocycles. The van der Waals surface area contributed by atoms with Crippen molar-refractivity contribution in [1.82, 2.24) is 0 Å². The predicted octanol–water partition coefficient (Wildman–Crippen LogP) is 6.27. The van der Waals surface area contributed by atoms with Crippen LogP contribution in [-0.4, -0.2) is 0 Å². The smallest absolute Gasteiger partial charge is 0.200 e. The molecule has 3 rings (SSSR count). The zero-order chi connectivity index (χ0) is 24.2. The van der Waals surface area contributed by atoms with E-state index in [2.05, 4.69) is 19.9 Å². The molecule has 0 radical (unpaired) electrons. The highest BCUT2D eigenvalue weighted by molar-refractivity contribution is 5.94. The lowest BCUT2D eigenvalue weighted by atomic mass is 9.90. The lowest BCUT2D eigenvalue weighted by Crippen LogP contribution is -2.31. The van der Waals surface area contributed by atoms with E-state index in [9.17, 15) is 0 Å². The number of benzene rings is 2. The van der Waals surface area contributed by atoms with Crippen LogP contribution in [0.2, 0.25) is 0 Å². The number of fused-ring (bicyclic) bond motifs is 1. The van der Waals surface area contributed by atoms with Crippen molar-refractivity contribution in [2.75, 3.05) is 0 Å². The number of nitrogens with zero attached hydrogens (tertiary/aromatic N) is 1. The average Bonchev–Trinajstić information content (AvgIpc) is 2.68. The van der Waals surface area contributed by atoms with Crippen LogP contribution >= 0.6 is 0 Å². The zero-order valence-electron chi connectivity index (χ0n) is 22.6. The lowest BCUT2D eigenvalue weighted by molar-refractivity contribution is -0.659. The van der Waals surface area contributed by atoms with Gasteiger partial charge in [0.05, 0.1) is 12.3 Å². The molecular weight excluding hydrogens is 314 g/mol. The van der Waals surface area contributed by atoms with Crippen molar-refractivity contribution in [3.8, 4) is 11.3 Å². The van der Waals surface area contributed by atoms with Crippen LogP contribution in [0.5, 0.6) is 0 Å². The van der Waals surface area contributed by atoms with Gasteiger partial charge in [-0.2, -0.15) is 0 Å². The Balaban J connectivity index is 2.39. The van der Waals surface area contributed by atoms with Gasteiger partial charge in [-0.1, -0.05) is 45.8 Å². The summed E-state index contributed by atoms with van der Waals surface area (Å²) in [6.45, 7) is 7.14. The monoisotopic (exact) mass is 352 g/mol. The van der Waals surface area contributed by atoms with Gasteiger partial charge in [0.15, 0.2) is 6.17 Å². The van der Waals surface area contributed by atoms with Crippen LogP contribution in [0.1, 0.15) is 64.0 Å². The molecule has 0 N–H and O–H groups in total. The summed E-state index contributed by atoms with van der Waals surface area (Å²) in [4.78, 5) is 0. The van der Waals surface area contributed by atoms with Crippen molar-refractivity contribution < 1.29 is 12.8 Å². The Kier molecular flexibility index (Phi) is 3.41. The Morgan fingerprint density at radius 1 is 1.15 bits per heavy atom. The van der Waals surface area contributed by atoms with Crippen molar-refractivity contribution in [2.45, 2.75) is 53.8 Å². The zero-order valence-corrected chi connectivity index (χ0v) is 16.6. The van der Waals surface area contributed by atoms with Crippen molar-refractivity contribution >= 4 is 10.8 Å². The Bertz CT molecular complexity index is 1190. The van der Waals surface area contributed by atoms with Crippen molar-refractivity contribution in [2.24, 2.45) is 13.0 Å². The first-order chi connectivity index (χ1) is 14.7. The first-order valence-electron chi connectivity index (χ1n) is 12.2. The first kappa shape index (κ1) is 12.3. The van der Waals surface area contributed by atoms with Crippen LogP contribution in [0.3, 0.4) is 0 Å². The molecule has 3 aromatic rings. The number of hydrogen-bond donors (Lipinski definition) is 0. The van der Waals surface area contributed by atoms with E-state index in [1.807, 2.05) is 26.0 Å². The Hall–Kier alpha value is -2.15. The van der Waals surface area contributed by atoms with Gasteiger partial charge >= 0.3 is 0 Å². The molecular formula is C25H32N+. The summed E-state index contributed by atoms with van der Waals surface area (Å²) in [5.74, 6) is -1.29. The van der Waals surface area contributed by atoms with E-state index in [-0.39, 0.29) is 12.2 Å². The maximum absolute atomic E-state index is 8.59. The van der Waals surface area contributed by atoms with Gasteiger partial charge < -0.3 is 0 Å². The van der Waals surface area contributed by atoms with E-state index in [1.165, 1.54) is 6.92 Å². The molecule has 0 spiro atoms. The van der Waals surface area contributed by atoms with E-state index in [4.69, 9.17) is 8.22 Å². The Morgan fingerprint density at radius 3 is 2.62 bits per heavy atom. The fourth-order valence-electron chi connectivity index (χ4n) is 3.53. The molecule has 26 heavy (non-hydrogen) atoms. The molecule has 2 aromatic carbocycles. The largest absolute Gasteiger partial charge is 0.220 e. The topological polar surface area (TPSA) is 3.88 Å². The summed E-state index contributed by atoms with van der Waals surface area (Å²) in [5.41, 5.74) is 4.97. The standard InChI is InChI=1S/C25H32N/c1-16(2)12-20-8-9-23-21(14-20)10-11-26(7)25(23)24-15-22(17(3)4)13-18(5)19(24)6/h8-11,13-17H,12H2,1-7H3/q+1/i3D3,10D,11D,17D. The number of rotatable bonds is 4. The van der Waals surface area contributed by atoms with Gasteiger partial charge in [0.1, 0.15) is 8.42 Å². The highest BCUT2D eigenvalue weighted by atomic mass is 14.9. The quantitative estimate of drug-likeness (QED) is 0.487. The summed E-state index contributed by atoms with van der Waals surface area (Å²) < 4.78 is 51.1. The summed E-state index contributed by atoms with van der Waals surface area (Å²) in [5, 5.41) is 1.56. The van der Waals surface area contributed by atoms with Gasteiger partial charge in [-0.25, -0.2) is 4.57 Å². The third-order valence-corrected chi connectivity index (χ3v) is 5.03. The summed E-state index contributed by atoms with van der Waals surface area (Å²) in [7, 11) is 1.77. The van der Waals surface area contributed by atoms with Crippen LogP contribution in [0.25, 0.3) is 22.0 Å². The fourth-order valence-corrected chi connectivity index (χ4v) is 3.53. The molecule has 0 fully saturated rings. The maximum atomic E-state index is 8.59. The number of aromatic nitrogens is 1. The average molecular weight is 353 g/mol. The molecule has 1 unspecified atom stereocenters. The van der Waals surface area contributed by atoms with Crippen LogP contribution in [0, 0.1) is 19.8 Å². The molecule has 0 aliphatic heterocycles. The van der Waals surface area contributed by atoms with Crippen LogP contribution in [0.4, 0.5) is 0 Å². The highest BCUT2D eigenvalue weighted by Gasteiger charge is 2.19. The van der Waals surface area contributed by atoms with E-state index < -0.39 is 12.7 Å². The second kappa shape index (κ2) is 7.23. The molecule has 0 aliphatic carbocycles. The van der Waals surface area contributed by atoms with Gasteiger partial charge in [0, 0.05) is 11.5 Å². The van der Waals surface area contributed by atoms with E-state index in [0.29, 0.717) is 16.9 Å². The normalized spacial score (nSPS) is 17.8. The molecule has 1 aromatic heterocycles.